The summed E-state index contributed by atoms with van der Waals surface area (Å²) < 4.78 is 63.7. The van der Waals surface area contributed by atoms with E-state index in [1.165, 1.54) is 0 Å². The molecule has 3 nitrogen and oxygen atoms in total. The molecule has 0 unspecified atom stereocenters. The first-order valence-corrected chi connectivity index (χ1v) is 4.12. The van der Waals surface area contributed by atoms with Crippen LogP contribution >= 0.6 is 0 Å². The molecule has 0 fully saturated rings. The molecule has 94 valence electrons. The highest BCUT2D eigenvalue weighted by Crippen LogP contribution is 2.33. The van der Waals surface area contributed by atoms with Crippen molar-refractivity contribution in [2.24, 2.45) is 0 Å². The molecular weight excluding hydrogens is 251 g/mol. The quantitative estimate of drug-likeness (QED) is 0.844. The van der Waals surface area contributed by atoms with E-state index in [0.29, 0.717) is 12.1 Å². The van der Waals surface area contributed by atoms with Crippen LogP contribution < -0.4 is 4.74 Å². The molecular formula is C9H5F5O3. The van der Waals surface area contributed by atoms with E-state index in [2.05, 4.69) is 4.74 Å². The largest absolute Gasteiger partial charge is 0.573 e. The summed E-state index contributed by atoms with van der Waals surface area (Å²) in [7, 11) is 0. The number of carboxylic acid groups (broad SMARTS) is 1. The van der Waals surface area contributed by atoms with E-state index in [1.807, 2.05) is 0 Å². The van der Waals surface area contributed by atoms with Crippen LogP contribution in [0.15, 0.2) is 18.2 Å². The first kappa shape index (κ1) is 13.2. The Bertz CT molecular complexity index is 427. The minimum Gasteiger partial charge on any atom is -0.478 e. The Morgan fingerprint density at radius 2 is 1.88 bits per heavy atom. The molecule has 8 heteroatoms. The summed E-state index contributed by atoms with van der Waals surface area (Å²) in [5, 5.41) is 8.51. The van der Waals surface area contributed by atoms with Crippen LogP contribution in [0.5, 0.6) is 5.75 Å². The van der Waals surface area contributed by atoms with Crippen molar-refractivity contribution in [1.29, 1.82) is 0 Å². The molecule has 0 aliphatic heterocycles. The molecule has 1 N–H and O–H groups in total. The third kappa shape index (κ3) is 3.58. The van der Waals surface area contributed by atoms with E-state index in [0.717, 1.165) is 6.07 Å². The first-order chi connectivity index (χ1) is 7.70. The second kappa shape index (κ2) is 4.56. The van der Waals surface area contributed by atoms with Gasteiger partial charge in [-0.15, -0.1) is 13.2 Å². The fourth-order valence-electron chi connectivity index (χ4n) is 1.06. The maximum absolute atomic E-state index is 12.3. The number of hydrogen-bond donors (Lipinski definition) is 1. The lowest BCUT2D eigenvalue weighted by Gasteiger charge is -2.13. The topological polar surface area (TPSA) is 46.5 Å². The van der Waals surface area contributed by atoms with Gasteiger partial charge in [0.15, 0.2) is 0 Å². The molecule has 0 aromatic heterocycles. The lowest BCUT2D eigenvalue weighted by atomic mass is 10.1. The summed E-state index contributed by atoms with van der Waals surface area (Å²) in [5.74, 6) is -2.76. The summed E-state index contributed by atoms with van der Waals surface area (Å²) >= 11 is 0. The number of alkyl halides is 5. The van der Waals surface area contributed by atoms with Crippen molar-refractivity contribution in [3.63, 3.8) is 0 Å². The van der Waals surface area contributed by atoms with Gasteiger partial charge in [0.05, 0.1) is 11.1 Å². The second-order valence-electron chi connectivity index (χ2n) is 2.91. The molecule has 0 aliphatic rings. The van der Waals surface area contributed by atoms with Crippen LogP contribution in [-0.4, -0.2) is 17.4 Å². The highest BCUT2D eigenvalue weighted by molar-refractivity contribution is 5.88. The monoisotopic (exact) mass is 256 g/mol. The van der Waals surface area contributed by atoms with Crippen molar-refractivity contribution in [2.45, 2.75) is 12.8 Å². The van der Waals surface area contributed by atoms with Crippen molar-refractivity contribution < 1.29 is 36.6 Å². The Balaban J connectivity index is 3.21. The number of carboxylic acids is 1. The highest BCUT2D eigenvalue weighted by atomic mass is 19.4. The Morgan fingerprint density at radius 1 is 1.29 bits per heavy atom. The van der Waals surface area contributed by atoms with Crippen LogP contribution in [0.3, 0.4) is 0 Å². The van der Waals surface area contributed by atoms with Gasteiger partial charge in [-0.25, -0.2) is 13.6 Å². The van der Waals surface area contributed by atoms with Gasteiger partial charge in [0, 0.05) is 0 Å². The lowest BCUT2D eigenvalue weighted by Crippen LogP contribution is -2.18. The van der Waals surface area contributed by atoms with Gasteiger partial charge in [0.25, 0.3) is 6.43 Å². The number of hydrogen-bond acceptors (Lipinski definition) is 2. The van der Waals surface area contributed by atoms with Gasteiger partial charge in [0.1, 0.15) is 5.75 Å². The zero-order valence-electron chi connectivity index (χ0n) is 7.96. The summed E-state index contributed by atoms with van der Waals surface area (Å²) in [6.07, 6.45) is -8.36. The first-order valence-electron chi connectivity index (χ1n) is 4.12. The average molecular weight is 256 g/mol. The molecule has 0 saturated heterocycles. The highest BCUT2D eigenvalue weighted by Gasteiger charge is 2.33. The van der Waals surface area contributed by atoms with Gasteiger partial charge in [-0.2, -0.15) is 0 Å². The smallest absolute Gasteiger partial charge is 0.478 e. The molecule has 1 aromatic rings. The van der Waals surface area contributed by atoms with Crippen LogP contribution in [0.2, 0.25) is 0 Å². The molecule has 1 aromatic carbocycles. The molecule has 0 saturated carbocycles. The van der Waals surface area contributed by atoms with Crippen molar-refractivity contribution in [2.75, 3.05) is 0 Å². The minimum atomic E-state index is -5.17. The van der Waals surface area contributed by atoms with Gasteiger partial charge in [-0.05, 0) is 18.2 Å². The lowest BCUT2D eigenvalue weighted by molar-refractivity contribution is -0.275. The van der Waals surface area contributed by atoms with E-state index in [-0.39, 0.29) is 0 Å². The standard InChI is InChI=1S/C9H5F5O3/c10-7(11)5-2-1-4(8(15)16)3-6(5)17-9(12,13)14/h1-3,7H,(H,15,16). The number of carbonyl (C=O) groups is 1. The van der Waals surface area contributed by atoms with E-state index < -0.39 is 35.6 Å². The zero-order valence-corrected chi connectivity index (χ0v) is 7.96. The van der Waals surface area contributed by atoms with Crippen molar-refractivity contribution in [3.05, 3.63) is 29.3 Å². The van der Waals surface area contributed by atoms with Crippen molar-refractivity contribution in [1.82, 2.24) is 0 Å². The van der Waals surface area contributed by atoms with Crippen LogP contribution in [0.1, 0.15) is 22.3 Å². The van der Waals surface area contributed by atoms with Gasteiger partial charge in [0.2, 0.25) is 0 Å². The number of aromatic carboxylic acids is 1. The Morgan fingerprint density at radius 3 is 2.29 bits per heavy atom. The summed E-state index contributed by atoms with van der Waals surface area (Å²) in [5.41, 5.74) is -1.60. The third-order valence-corrected chi connectivity index (χ3v) is 1.72. The molecule has 0 bridgehead atoms. The summed E-state index contributed by atoms with van der Waals surface area (Å²) in [4.78, 5) is 10.5. The van der Waals surface area contributed by atoms with E-state index in [1.54, 1.807) is 0 Å². The van der Waals surface area contributed by atoms with Gasteiger partial charge in [-0.1, -0.05) is 0 Å². The Hall–Kier alpha value is -1.86. The van der Waals surface area contributed by atoms with Gasteiger partial charge >= 0.3 is 12.3 Å². The molecule has 0 atom stereocenters. The van der Waals surface area contributed by atoms with E-state index >= 15 is 0 Å². The van der Waals surface area contributed by atoms with E-state index in [4.69, 9.17) is 5.11 Å². The molecule has 1 rings (SSSR count). The predicted molar refractivity (Wildman–Crippen MR) is 45.0 cm³/mol. The van der Waals surface area contributed by atoms with Crippen molar-refractivity contribution in [3.8, 4) is 5.75 Å². The minimum absolute atomic E-state index is 0.400. The molecule has 0 radical (unpaired) electrons. The number of benzene rings is 1. The Labute approximate surface area is 91.4 Å². The van der Waals surface area contributed by atoms with Crippen LogP contribution in [-0.2, 0) is 0 Å². The Kier molecular flexibility index (Phi) is 3.54. The number of ether oxygens (including phenoxy) is 1. The zero-order chi connectivity index (χ0) is 13.2. The molecule has 0 heterocycles. The fraction of sp³-hybridized carbons (Fsp3) is 0.222. The predicted octanol–water partition coefficient (Wildman–Crippen LogP) is 3.22. The fourth-order valence-corrected chi connectivity index (χ4v) is 1.06. The molecule has 0 aliphatic carbocycles. The maximum atomic E-state index is 12.3. The third-order valence-electron chi connectivity index (χ3n) is 1.72. The number of halogens is 5. The van der Waals surface area contributed by atoms with Gasteiger partial charge < -0.3 is 9.84 Å². The molecule has 0 amide bonds. The van der Waals surface area contributed by atoms with Crippen LogP contribution in [0.4, 0.5) is 22.0 Å². The summed E-state index contributed by atoms with van der Waals surface area (Å²) in [6.45, 7) is 0. The summed E-state index contributed by atoms with van der Waals surface area (Å²) in [6, 6.07) is 1.75. The average Bonchev–Trinajstić information content (AvgIpc) is 2.14. The SMILES string of the molecule is O=C(O)c1ccc(C(F)F)c(OC(F)(F)F)c1. The molecule has 0 spiro atoms. The molecule has 17 heavy (non-hydrogen) atoms. The van der Waals surface area contributed by atoms with Crippen molar-refractivity contribution >= 4 is 5.97 Å². The maximum Gasteiger partial charge on any atom is 0.573 e. The van der Waals surface area contributed by atoms with E-state index in [9.17, 15) is 26.7 Å². The second-order valence-corrected chi connectivity index (χ2v) is 2.91. The van der Waals surface area contributed by atoms with Crippen LogP contribution in [0, 0.1) is 0 Å². The van der Waals surface area contributed by atoms with Gasteiger partial charge in [-0.3, -0.25) is 0 Å². The normalized spacial score (nSPS) is 11.6. The van der Waals surface area contributed by atoms with Crippen LogP contribution in [0.25, 0.3) is 0 Å². The number of rotatable bonds is 3.